The molecule has 0 radical (unpaired) electrons. The zero-order valence-electron chi connectivity index (χ0n) is 11.8. The summed E-state index contributed by atoms with van der Waals surface area (Å²) in [6.45, 7) is 0.269. The Kier molecular flexibility index (Phi) is 3.27. The maximum absolute atomic E-state index is 5.37. The van der Waals surface area contributed by atoms with Crippen LogP contribution in [0.5, 0.6) is 17.2 Å². The highest BCUT2D eigenvalue weighted by molar-refractivity contribution is 7.98. The quantitative estimate of drug-likeness (QED) is 0.746. The summed E-state index contributed by atoms with van der Waals surface area (Å²) in [7, 11) is 1.65. The van der Waals surface area contributed by atoms with Gasteiger partial charge in [0.05, 0.1) is 23.8 Å². The number of nitrogens with one attached hydrogen (secondary N) is 1. The molecule has 6 nitrogen and oxygen atoms in total. The van der Waals surface area contributed by atoms with Crippen LogP contribution in [0.4, 0.5) is 0 Å². The third-order valence-electron chi connectivity index (χ3n) is 3.34. The Morgan fingerprint density at radius 2 is 2.14 bits per heavy atom. The van der Waals surface area contributed by atoms with Crippen LogP contribution in [0.25, 0.3) is 11.0 Å². The molecule has 1 aliphatic heterocycles. The van der Waals surface area contributed by atoms with E-state index in [1.165, 1.54) is 0 Å². The Balaban J connectivity index is 1.54. The largest absolute Gasteiger partial charge is 0.497 e. The zero-order chi connectivity index (χ0) is 14.9. The number of thioether (sulfide) groups is 1. The van der Waals surface area contributed by atoms with Crippen molar-refractivity contribution in [3.8, 4) is 17.2 Å². The van der Waals surface area contributed by atoms with Crippen molar-refractivity contribution < 1.29 is 14.2 Å². The smallest absolute Gasteiger partial charge is 0.231 e. The van der Waals surface area contributed by atoms with Gasteiger partial charge in [0, 0.05) is 30.1 Å². The Labute approximate surface area is 130 Å². The maximum atomic E-state index is 5.37. The van der Waals surface area contributed by atoms with E-state index < -0.39 is 0 Å². The van der Waals surface area contributed by atoms with Crippen LogP contribution in [0.15, 0.2) is 35.6 Å². The fourth-order valence-corrected chi connectivity index (χ4v) is 3.04. The zero-order valence-corrected chi connectivity index (χ0v) is 12.6. The lowest BCUT2D eigenvalue weighted by Crippen LogP contribution is -1.92. The van der Waals surface area contributed by atoms with Crippen molar-refractivity contribution in [3.63, 3.8) is 0 Å². The van der Waals surface area contributed by atoms with Gasteiger partial charge >= 0.3 is 0 Å². The molecule has 22 heavy (non-hydrogen) atoms. The van der Waals surface area contributed by atoms with Gasteiger partial charge in [0.2, 0.25) is 6.79 Å². The van der Waals surface area contributed by atoms with E-state index in [1.54, 1.807) is 25.1 Å². The molecule has 0 atom stereocenters. The number of pyridine rings is 1. The van der Waals surface area contributed by atoms with Crippen LogP contribution in [0, 0.1) is 0 Å². The summed E-state index contributed by atoms with van der Waals surface area (Å²) in [4.78, 5) is 12.2. The summed E-state index contributed by atoms with van der Waals surface area (Å²) in [5.74, 6) is 3.01. The van der Waals surface area contributed by atoms with Gasteiger partial charge in [-0.15, -0.1) is 0 Å². The molecule has 0 saturated carbocycles. The molecule has 1 aliphatic rings. The number of imidazole rings is 1. The molecule has 1 aromatic carbocycles. The summed E-state index contributed by atoms with van der Waals surface area (Å²) in [5.41, 5.74) is 2.75. The summed E-state index contributed by atoms with van der Waals surface area (Å²) in [5, 5.41) is 0.836. The van der Waals surface area contributed by atoms with E-state index in [-0.39, 0.29) is 6.79 Å². The van der Waals surface area contributed by atoms with Crippen LogP contribution in [-0.4, -0.2) is 28.9 Å². The molecule has 0 spiro atoms. The molecule has 0 saturated heterocycles. The van der Waals surface area contributed by atoms with Gasteiger partial charge in [0.15, 0.2) is 16.7 Å². The first-order valence-corrected chi connectivity index (χ1v) is 7.71. The molecule has 3 aromatic rings. The van der Waals surface area contributed by atoms with Gasteiger partial charge in [-0.05, 0) is 6.07 Å². The molecule has 0 aliphatic carbocycles. The second kappa shape index (κ2) is 5.42. The highest BCUT2D eigenvalue weighted by atomic mass is 32.2. The first-order chi connectivity index (χ1) is 10.8. The van der Waals surface area contributed by atoms with Gasteiger partial charge < -0.3 is 19.2 Å². The third kappa shape index (κ3) is 2.43. The number of methoxy groups -OCH3 is 1. The van der Waals surface area contributed by atoms with Gasteiger partial charge in [0.1, 0.15) is 5.75 Å². The summed E-state index contributed by atoms with van der Waals surface area (Å²) >= 11 is 1.59. The first kappa shape index (κ1) is 13.3. The highest BCUT2D eigenvalue weighted by Crippen LogP contribution is 2.36. The van der Waals surface area contributed by atoms with Gasteiger partial charge in [-0.1, -0.05) is 11.8 Å². The number of nitrogens with zero attached hydrogens (tertiary/aromatic N) is 2. The average molecular weight is 315 g/mol. The van der Waals surface area contributed by atoms with E-state index in [2.05, 4.69) is 15.0 Å². The lowest BCUT2D eigenvalue weighted by atomic mass is 10.3. The van der Waals surface area contributed by atoms with Crippen LogP contribution in [0.3, 0.4) is 0 Å². The van der Waals surface area contributed by atoms with Crippen LogP contribution in [-0.2, 0) is 5.75 Å². The van der Waals surface area contributed by atoms with E-state index in [0.29, 0.717) is 5.75 Å². The van der Waals surface area contributed by atoms with E-state index >= 15 is 0 Å². The van der Waals surface area contributed by atoms with E-state index in [1.807, 2.05) is 24.3 Å². The average Bonchev–Trinajstić information content (AvgIpc) is 3.15. The van der Waals surface area contributed by atoms with Crippen LogP contribution in [0.1, 0.15) is 5.69 Å². The molecule has 2 aromatic heterocycles. The maximum Gasteiger partial charge on any atom is 0.231 e. The Morgan fingerprint density at radius 3 is 3.00 bits per heavy atom. The monoisotopic (exact) mass is 315 g/mol. The molecule has 7 heteroatoms. The number of hydrogen-bond donors (Lipinski definition) is 1. The lowest BCUT2D eigenvalue weighted by Gasteiger charge is -2.02. The molecular formula is C15H13N3O3S. The van der Waals surface area contributed by atoms with Crippen molar-refractivity contribution in [2.75, 3.05) is 13.9 Å². The van der Waals surface area contributed by atoms with Crippen LogP contribution < -0.4 is 14.2 Å². The van der Waals surface area contributed by atoms with Gasteiger partial charge in [-0.2, -0.15) is 0 Å². The summed E-state index contributed by atoms with van der Waals surface area (Å²) in [6.07, 6.45) is 1.74. The predicted octanol–water partition coefficient (Wildman–Crippen LogP) is 2.99. The molecular weight excluding hydrogens is 302 g/mol. The number of aromatic amines is 1. The number of H-pyrrole nitrogens is 1. The molecule has 1 N–H and O–H groups in total. The van der Waals surface area contributed by atoms with Gasteiger partial charge in [0.25, 0.3) is 0 Å². The number of hydrogen-bond acceptors (Lipinski definition) is 6. The number of ether oxygens (including phenoxy) is 3. The van der Waals surface area contributed by atoms with Crippen molar-refractivity contribution in [1.29, 1.82) is 0 Å². The minimum Gasteiger partial charge on any atom is -0.497 e. The topological polar surface area (TPSA) is 69.3 Å². The molecule has 0 fully saturated rings. The van der Waals surface area contributed by atoms with Crippen molar-refractivity contribution in [3.05, 3.63) is 36.2 Å². The van der Waals surface area contributed by atoms with Crippen molar-refractivity contribution in [2.45, 2.75) is 10.9 Å². The normalized spacial score (nSPS) is 12.8. The van der Waals surface area contributed by atoms with Crippen LogP contribution in [0.2, 0.25) is 0 Å². The van der Waals surface area contributed by atoms with Gasteiger partial charge in [-0.3, -0.25) is 4.98 Å². The minimum atomic E-state index is 0.269. The van der Waals surface area contributed by atoms with E-state index in [9.17, 15) is 0 Å². The number of aromatic nitrogens is 3. The fraction of sp³-hybridized carbons (Fsp3) is 0.200. The lowest BCUT2D eigenvalue weighted by molar-refractivity contribution is 0.174. The summed E-state index contributed by atoms with van der Waals surface area (Å²) in [6, 6.07) is 7.56. The first-order valence-electron chi connectivity index (χ1n) is 6.73. The molecule has 0 unspecified atom stereocenters. The van der Waals surface area contributed by atoms with E-state index in [0.717, 1.165) is 39.1 Å². The second-order valence-corrected chi connectivity index (χ2v) is 5.70. The highest BCUT2D eigenvalue weighted by Gasteiger charge is 2.16. The molecule has 112 valence electrons. The minimum absolute atomic E-state index is 0.269. The van der Waals surface area contributed by atoms with Crippen molar-refractivity contribution >= 4 is 22.8 Å². The number of rotatable bonds is 4. The predicted molar refractivity (Wildman–Crippen MR) is 82.6 cm³/mol. The molecule has 0 bridgehead atoms. The standard InChI is InChI=1S/C15H13N3O3S/c1-19-10-2-3-16-9(4-10)7-22-15-17-11-5-13-14(21-8-20-13)6-12(11)18-15/h2-6H,7-8H2,1H3,(H,17,18). The summed E-state index contributed by atoms with van der Waals surface area (Å²) < 4.78 is 15.9. The SMILES string of the molecule is COc1ccnc(CSc2nc3cc4c(cc3[nH]2)OCO4)c1. The fourth-order valence-electron chi connectivity index (χ4n) is 2.25. The van der Waals surface area contributed by atoms with Crippen LogP contribution >= 0.6 is 11.8 Å². The Morgan fingerprint density at radius 1 is 1.27 bits per heavy atom. The number of fused-ring (bicyclic) bond motifs is 2. The Hall–Kier alpha value is -2.41. The molecule has 3 heterocycles. The van der Waals surface area contributed by atoms with E-state index in [4.69, 9.17) is 14.2 Å². The van der Waals surface area contributed by atoms with Crippen molar-refractivity contribution in [1.82, 2.24) is 15.0 Å². The van der Waals surface area contributed by atoms with Crippen molar-refractivity contribution in [2.24, 2.45) is 0 Å². The molecule has 0 amide bonds. The van der Waals surface area contributed by atoms with Gasteiger partial charge in [-0.25, -0.2) is 4.98 Å². The second-order valence-electron chi connectivity index (χ2n) is 4.74. The molecule has 4 rings (SSSR count). The Bertz CT molecular complexity index is 793. The number of benzene rings is 1. The third-order valence-corrected chi connectivity index (χ3v) is 4.24.